The average Bonchev–Trinajstić information content (AvgIpc) is 3.24. The number of rotatable bonds is 6. The number of anilines is 1. The Balaban J connectivity index is 1.76. The van der Waals surface area contributed by atoms with E-state index >= 15 is 0 Å². The molecular weight excluding hydrogens is 457 g/mol. The van der Waals surface area contributed by atoms with E-state index in [0.29, 0.717) is 33.4 Å². The van der Waals surface area contributed by atoms with Gasteiger partial charge in [-0.15, -0.1) is 0 Å². The van der Waals surface area contributed by atoms with Crippen LogP contribution < -0.4 is 14.8 Å². The molecule has 0 aliphatic carbocycles. The molecule has 4 rings (SSSR count). The summed E-state index contributed by atoms with van der Waals surface area (Å²) in [5, 5.41) is 4.13. The lowest BCUT2D eigenvalue weighted by atomic mass is 9.96. The topological polar surface area (TPSA) is 60.7 Å². The predicted octanol–water partition coefficient (Wildman–Crippen LogP) is 7.26. The lowest BCUT2D eigenvalue weighted by Gasteiger charge is -2.14. The molecule has 0 unspecified atom stereocenters. The molecular formula is C27H23ClFNO4. The minimum atomic E-state index is -0.344. The summed E-state index contributed by atoms with van der Waals surface area (Å²) in [6.07, 6.45) is 3.13. The molecule has 0 radical (unpaired) electrons. The Morgan fingerprint density at radius 2 is 1.82 bits per heavy atom. The number of amides is 1. The Bertz CT molecular complexity index is 1410. The van der Waals surface area contributed by atoms with Crippen molar-refractivity contribution >= 4 is 39.7 Å². The van der Waals surface area contributed by atoms with Crippen LogP contribution in [0.4, 0.5) is 10.1 Å². The van der Waals surface area contributed by atoms with Gasteiger partial charge in [-0.1, -0.05) is 23.7 Å². The van der Waals surface area contributed by atoms with E-state index < -0.39 is 0 Å². The molecule has 0 aliphatic heterocycles. The summed E-state index contributed by atoms with van der Waals surface area (Å²) >= 11 is 6.07. The fourth-order valence-electron chi connectivity index (χ4n) is 3.95. The first-order valence-electron chi connectivity index (χ1n) is 10.5. The van der Waals surface area contributed by atoms with Gasteiger partial charge >= 0.3 is 0 Å². The first-order chi connectivity index (χ1) is 16.3. The number of methoxy groups -OCH3 is 2. The van der Waals surface area contributed by atoms with E-state index in [4.69, 9.17) is 25.5 Å². The highest BCUT2D eigenvalue weighted by atomic mass is 35.5. The SMILES string of the molecule is COc1ccc(Cl)cc1NC(=O)/C=C(\C)c1cc2c(-c3ccc(F)cc3)coc2c(C)c1OC. The molecule has 0 fully saturated rings. The first kappa shape index (κ1) is 23.4. The van der Waals surface area contributed by atoms with Gasteiger partial charge in [0.15, 0.2) is 0 Å². The van der Waals surface area contributed by atoms with Crippen LogP contribution in [0.25, 0.3) is 27.7 Å². The van der Waals surface area contributed by atoms with Crippen molar-refractivity contribution in [2.45, 2.75) is 13.8 Å². The first-order valence-corrected chi connectivity index (χ1v) is 10.9. The molecule has 1 aromatic heterocycles. The Hall–Kier alpha value is -3.77. The van der Waals surface area contributed by atoms with Crippen molar-refractivity contribution in [3.63, 3.8) is 0 Å². The highest BCUT2D eigenvalue weighted by Crippen LogP contribution is 2.40. The number of hydrogen-bond donors (Lipinski definition) is 1. The van der Waals surface area contributed by atoms with Crippen LogP contribution >= 0.6 is 11.6 Å². The Morgan fingerprint density at radius 3 is 2.50 bits per heavy atom. The van der Waals surface area contributed by atoms with E-state index in [9.17, 15) is 9.18 Å². The van der Waals surface area contributed by atoms with Crippen molar-refractivity contribution in [2.24, 2.45) is 0 Å². The molecule has 4 aromatic rings. The fourth-order valence-corrected chi connectivity index (χ4v) is 4.12. The zero-order chi connectivity index (χ0) is 24.4. The summed E-state index contributed by atoms with van der Waals surface area (Å²) in [5.74, 6) is 0.454. The highest BCUT2D eigenvalue weighted by molar-refractivity contribution is 6.31. The predicted molar refractivity (Wildman–Crippen MR) is 133 cm³/mol. The number of carbonyl (C=O) groups is 1. The second-order valence-electron chi connectivity index (χ2n) is 7.78. The Labute approximate surface area is 201 Å². The summed E-state index contributed by atoms with van der Waals surface area (Å²) in [6.45, 7) is 3.72. The quantitative estimate of drug-likeness (QED) is 0.296. The molecule has 1 N–H and O–H groups in total. The summed E-state index contributed by atoms with van der Waals surface area (Å²) in [5.41, 5.74) is 5.01. The third-order valence-corrected chi connectivity index (χ3v) is 5.83. The van der Waals surface area contributed by atoms with E-state index in [1.165, 1.54) is 25.3 Å². The molecule has 3 aromatic carbocycles. The molecule has 0 atom stereocenters. The number of aryl methyl sites for hydroxylation is 1. The lowest BCUT2D eigenvalue weighted by Crippen LogP contribution is -2.10. The number of benzene rings is 3. The number of ether oxygens (including phenoxy) is 2. The van der Waals surface area contributed by atoms with Crippen LogP contribution in [-0.2, 0) is 4.79 Å². The van der Waals surface area contributed by atoms with Gasteiger partial charge in [-0.25, -0.2) is 4.39 Å². The fraction of sp³-hybridized carbons (Fsp3) is 0.148. The van der Waals surface area contributed by atoms with Gasteiger partial charge in [-0.05, 0) is 61.4 Å². The number of nitrogens with one attached hydrogen (secondary N) is 1. The van der Waals surface area contributed by atoms with Crippen molar-refractivity contribution in [3.8, 4) is 22.6 Å². The summed E-state index contributed by atoms with van der Waals surface area (Å²) < 4.78 is 30.2. The molecule has 0 aliphatic rings. The van der Waals surface area contributed by atoms with E-state index in [1.807, 2.05) is 19.9 Å². The zero-order valence-corrected chi connectivity index (χ0v) is 19.9. The lowest BCUT2D eigenvalue weighted by molar-refractivity contribution is -0.111. The van der Waals surface area contributed by atoms with Gasteiger partial charge in [0.25, 0.3) is 0 Å². The number of allylic oxidation sites excluding steroid dienone is 1. The van der Waals surface area contributed by atoms with Crippen LogP contribution in [0.1, 0.15) is 18.1 Å². The van der Waals surface area contributed by atoms with Crippen LogP contribution in [-0.4, -0.2) is 20.1 Å². The van der Waals surface area contributed by atoms with Crippen LogP contribution in [0.3, 0.4) is 0 Å². The van der Waals surface area contributed by atoms with E-state index in [1.54, 1.807) is 43.7 Å². The van der Waals surface area contributed by atoms with Crippen LogP contribution in [0.2, 0.25) is 5.02 Å². The summed E-state index contributed by atoms with van der Waals surface area (Å²) in [4.78, 5) is 12.8. The summed E-state index contributed by atoms with van der Waals surface area (Å²) in [6, 6.07) is 13.1. The second-order valence-corrected chi connectivity index (χ2v) is 8.21. The van der Waals surface area contributed by atoms with Crippen molar-refractivity contribution in [1.82, 2.24) is 0 Å². The minimum absolute atomic E-state index is 0.309. The maximum Gasteiger partial charge on any atom is 0.248 e. The Kier molecular flexibility index (Phi) is 6.61. The normalized spacial score (nSPS) is 11.5. The van der Waals surface area contributed by atoms with Gasteiger partial charge in [-0.2, -0.15) is 0 Å². The largest absolute Gasteiger partial charge is 0.496 e. The smallest absolute Gasteiger partial charge is 0.248 e. The van der Waals surface area contributed by atoms with Gasteiger partial charge in [0, 0.05) is 33.2 Å². The third kappa shape index (κ3) is 4.50. The number of halogens is 2. The maximum atomic E-state index is 13.4. The van der Waals surface area contributed by atoms with Gasteiger partial charge < -0.3 is 19.2 Å². The van der Waals surface area contributed by atoms with E-state index in [2.05, 4.69) is 5.32 Å². The second kappa shape index (κ2) is 9.61. The molecule has 174 valence electrons. The molecule has 5 nitrogen and oxygen atoms in total. The molecule has 0 spiro atoms. The van der Waals surface area contributed by atoms with Crippen molar-refractivity contribution in [1.29, 1.82) is 0 Å². The number of carbonyl (C=O) groups excluding carboxylic acids is 1. The monoisotopic (exact) mass is 479 g/mol. The maximum absolute atomic E-state index is 13.4. The van der Waals surface area contributed by atoms with E-state index in [0.717, 1.165) is 27.6 Å². The molecule has 1 heterocycles. The standard InChI is InChI=1S/C27H23ClFNO4/c1-15(11-25(31)30-23-12-18(28)7-10-24(23)32-3)20-13-21-22(17-5-8-19(29)9-6-17)14-34-27(21)16(2)26(20)33-4/h5-14H,1-4H3,(H,30,31)/b15-11+. The number of fused-ring (bicyclic) bond motifs is 1. The van der Waals surface area contributed by atoms with Gasteiger partial charge in [-0.3, -0.25) is 4.79 Å². The van der Waals surface area contributed by atoms with Gasteiger partial charge in [0.05, 0.1) is 26.2 Å². The van der Waals surface area contributed by atoms with Crippen LogP contribution in [0.15, 0.2) is 65.3 Å². The molecule has 34 heavy (non-hydrogen) atoms. The third-order valence-electron chi connectivity index (χ3n) is 5.60. The van der Waals surface area contributed by atoms with Crippen LogP contribution in [0, 0.1) is 12.7 Å². The van der Waals surface area contributed by atoms with Crippen molar-refractivity contribution in [3.05, 3.63) is 82.8 Å². The molecule has 0 saturated heterocycles. The molecule has 0 saturated carbocycles. The van der Waals surface area contributed by atoms with Crippen LogP contribution in [0.5, 0.6) is 11.5 Å². The van der Waals surface area contributed by atoms with Crippen molar-refractivity contribution in [2.75, 3.05) is 19.5 Å². The Morgan fingerprint density at radius 1 is 1.09 bits per heavy atom. The molecule has 7 heteroatoms. The zero-order valence-electron chi connectivity index (χ0n) is 19.2. The van der Waals surface area contributed by atoms with Crippen molar-refractivity contribution < 1.29 is 23.1 Å². The van der Waals surface area contributed by atoms with Gasteiger partial charge in [0.1, 0.15) is 22.9 Å². The number of hydrogen-bond acceptors (Lipinski definition) is 4. The summed E-state index contributed by atoms with van der Waals surface area (Å²) in [7, 11) is 3.10. The van der Waals surface area contributed by atoms with Gasteiger partial charge in [0.2, 0.25) is 5.91 Å². The number of furan rings is 1. The molecule has 1 amide bonds. The highest BCUT2D eigenvalue weighted by Gasteiger charge is 2.19. The molecule has 0 bridgehead atoms. The minimum Gasteiger partial charge on any atom is -0.496 e. The average molecular weight is 480 g/mol. The van der Waals surface area contributed by atoms with E-state index in [-0.39, 0.29) is 11.7 Å².